The van der Waals surface area contributed by atoms with Gasteiger partial charge in [-0.25, -0.2) is 18.7 Å². The van der Waals surface area contributed by atoms with Crippen LogP contribution in [-0.2, 0) is 21.0 Å². The van der Waals surface area contributed by atoms with E-state index in [0.717, 1.165) is 41.6 Å². The first-order valence-electron chi connectivity index (χ1n) is 27.7. The number of hydrogen-bond acceptors (Lipinski definition) is 16. The van der Waals surface area contributed by atoms with E-state index in [1.165, 1.54) is 22.0 Å². The third-order valence-electron chi connectivity index (χ3n) is 15.8. The first kappa shape index (κ1) is 55.5. The number of aliphatic hydroxyl groups excluding tert-OH is 2. The predicted octanol–water partition coefficient (Wildman–Crippen LogP) is 5.96. The van der Waals surface area contributed by atoms with Crippen molar-refractivity contribution in [3.05, 3.63) is 114 Å². The van der Waals surface area contributed by atoms with Crippen LogP contribution in [0.1, 0.15) is 93.6 Å². The molecule has 3 aliphatic rings. The Morgan fingerprint density at radius 2 is 1.76 bits per heavy atom. The summed E-state index contributed by atoms with van der Waals surface area (Å²) in [6, 6.07) is 15.1. The van der Waals surface area contributed by atoms with Gasteiger partial charge in [0.05, 0.1) is 49.0 Å². The summed E-state index contributed by atoms with van der Waals surface area (Å²) in [6.45, 7) is 10.9. The minimum atomic E-state index is -1.01. The lowest BCUT2D eigenvalue weighted by molar-refractivity contribution is -0.142. The molecule has 6 heterocycles. The van der Waals surface area contributed by atoms with Crippen LogP contribution in [0, 0.1) is 24.1 Å². The number of aliphatic hydroxyl groups is 2. The minimum Gasteiger partial charge on any atom is -0.486 e. The van der Waals surface area contributed by atoms with E-state index in [4.69, 9.17) is 25.2 Å². The normalized spacial score (nSPS) is 18.1. The second-order valence-electron chi connectivity index (χ2n) is 23.3. The Morgan fingerprint density at radius 3 is 2.41 bits per heavy atom. The largest absolute Gasteiger partial charge is 0.486 e. The highest BCUT2D eigenvalue weighted by atomic mass is 19.1. The summed E-state index contributed by atoms with van der Waals surface area (Å²) in [5, 5.41) is 45.9. The summed E-state index contributed by atoms with van der Waals surface area (Å²) >= 11 is 0. The molecule has 1 saturated carbocycles. The molecule has 2 aliphatic heterocycles. The summed E-state index contributed by atoms with van der Waals surface area (Å²) in [6.07, 6.45) is 7.82. The Labute approximate surface area is 472 Å². The van der Waals surface area contributed by atoms with Gasteiger partial charge in [0.25, 0.3) is 0 Å². The standard InChI is InChI=1S/C59H68FN15O7/c1-32(2)52(57(80)73-24-39(77)20-48(73)56(79)65-46(26-76)37-14-16-38(17-15-37)75-31-62-30-64-75)74-25-45(69-70-74)36-10-8-34(9-11-36)27-81-53-50(49-33(3)43(60)22-44-42(49)23-63-68-44)40(35-12-13-35)21-41-51(53)66-58(82-29-59(4,5)28-71(6)7)67-55(41)72-19-18-47(72)54(61)78/h8-11,14-17,21-23,25,30-32,35,39,46-48,52,76-77H,12-13,18-20,24,26-29H2,1-7H3,(H2,61,78)(H,63,68)(H,65,79)/t39-,46+,47+,48+,52+/m1/s1. The quantitative estimate of drug-likeness (QED) is 0.0556. The number of benzene rings is 4. The maximum absolute atomic E-state index is 16.1. The lowest BCUT2D eigenvalue weighted by Gasteiger charge is -2.40. The third-order valence-corrected chi connectivity index (χ3v) is 15.8. The van der Waals surface area contributed by atoms with Crippen molar-refractivity contribution < 1.29 is 38.5 Å². The van der Waals surface area contributed by atoms with Crippen molar-refractivity contribution in [2.75, 3.05) is 51.8 Å². The van der Waals surface area contributed by atoms with Crippen molar-refractivity contribution in [2.45, 2.75) is 103 Å². The lowest BCUT2D eigenvalue weighted by Crippen LogP contribution is -2.55. The fourth-order valence-electron chi connectivity index (χ4n) is 11.6. The topological polar surface area (TPSA) is 274 Å². The molecule has 22 nitrogen and oxygen atoms in total. The number of hydrogen-bond donors (Lipinski definition) is 5. The highest BCUT2D eigenvalue weighted by Gasteiger charge is 2.44. The summed E-state index contributed by atoms with van der Waals surface area (Å²) in [5.41, 5.74) is 12.7. The lowest BCUT2D eigenvalue weighted by atomic mass is 9.88. The smallest absolute Gasteiger partial charge is 0.319 e. The van der Waals surface area contributed by atoms with Gasteiger partial charge in [0.1, 0.15) is 60.2 Å². The summed E-state index contributed by atoms with van der Waals surface area (Å²) in [7, 11) is 4.01. The molecule has 5 atom stereocenters. The molecule has 82 heavy (non-hydrogen) atoms. The van der Waals surface area contributed by atoms with E-state index in [2.05, 4.69) is 60.7 Å². The average Bonchev–Trinajstić information content (AvgIpc) is 3.95. The Morgan fingerprint density at radius 1 is 0.988 bits per heavy atom. The van der Waals surface area contributed by atoms with E-state index in [1.807, 2.05) is 57.1 Å². The average molecular weight is 1120 g/mol. The molecule has 11 rings (SSSR count). The number of nitrogens with two attached hydrogens (primary N) is 1. The maximum atomic E-state index is 16.1. The fraction of sp³-hybridized carbons (Fsp3) is 0.424. The molecule has 0 radical (unpaired) electrons. The summed E-state index contributed by atoms with van der Waals surface area (Å²) in [5.74, 6) is -1.06. The first-order chi connectivity index (χ1) is 39.4. The van der Waals surface area contributed by atoms with Gasteiger partial charge in [0.2, 0.25) is 17.7 Å². The van der Waals surface area contributed by atoms with Crippen LogP contribution in [-0.4, -0.2) is 153 Å². The van der Waals surface area contributed by atoms with Crippen LogP contribution in [0.5, 0.6) is 11.8 Å². The Kier molecular flexibility index (Phi) is 15.2. The number of ether oxygens (including phenoxy) is 2. The number of β-amino-alcohol motifs (C(OH)–C–C–N with tert-alkyl or cyclic N) is 1. The number of H-pyrrole nitrogens is 1. The van der Waals surface area contributed by atoms with Crippen molar-refractivity contribution in [3.8, 4) is 39.8 Å². The zero-order valence-corrected chi connectivity index (χ0v) is 47.0. The van der Waals surface area contributed by atoms with E-state index >= 15 is 4.39 Å². The van der Waals surface area contributed by atoms with E-state index < -0.39 is 60.4 Å². The molecular formula is C59H68FN15O7. The Hall–Kier alpha value is -8.41. The molecule has 428 valence electrons. The molecule has 1 aliphatic carbocycles. The third kappa shape index (κ3) is 11.1. The number of halogens is 1. The first-order valence-corrected chi connectivity index (χ1v) is 27.7. The van der Waals surface area contributed by atoms with Crippen molar-refractivity contribution in [2.24, 2.45) is 17.1 Å². The number of aromatic amines is 1. The van der Waals surface area contributed by atoms with Gasteiger partial charge in [-0.2, -0.15) is 20.2 Å². The Balaban J connectivity index is 0.886. The number of anilines is 1. The maximum Gasteiger partial charge on any atom is 0.319 e. The monoisotopic (exact) mass is 1120 g/mol. The molecular weight excluding hydrogens is 1050 g/mol. The van der Waals surface area contributed by atoms with Crippen molar-refractivity contribution in [1.82, 2.24) is 65.0 Å². The van der Waals surface area contributed by atoms with Crippen LogP contribution in [0.25, 0.3) is 49.9 Å². The number of aromatic nitrogens is 10. The van der Waals surface area contributed by atoms with Crippen LogP contribution in [0.3, 0.4) is 0 Å². The fourth-order valence-corrected chi connectivity index (χ4v) is 11.6. The van der Waals surface area contributed by atoms with Gasteiger partial charge >= 0.3 is 6.01 Å². The van der Waals surface area contributed by atoms with Crippen LogP contribution >= 0.6 is 0 Å². The number of nitrogens with zero attached hydrogens (tertiary/aromatic N) is 12. The number of primary amides is 1. The number of likely N-dealkylation sites (tertiary alicyclic amines) is 1. The van der Waals surface area contributed by atoms with E-state index in [-0.39, 0.29) is 49.4 Å². The van der Waals surface area contributed by atoms with Gasteiger partial charge in [-0.3, -0.25) is 19.5 Å². The molecule has 23 heteroatoms. The zero-order chi connectivity index (χ0) is 57.7. The second-order valence-corrected chi connectivity index (χ2v) is 23.3. The molecule has 3 amide bonds. The Bertz CT molecular complexity index is 3660. The predicted molar refractivity (Wildman–Crippen MR) is 303 cm³/mol. The van der Waals surface area contributed by atoms with Gasteiger partial charge in [-0.05, 0) is 98.6 Å². The van der Waals surface area contributed by atoms with Crippen molar-refractivity contribution in [1.29, 1.82) is 0 Å². The number of nitrogens with one attached hydrogen (secondary N) is 2. The molecule has 6 N–H and O–H groups in total. The number of amides is 3. The van der Waals surface area contributed by atoms with Crippen LogP contribution in [0.2, 0.25) is 0 Å². The highest BCUT2D eigenvalue weighted by molar-refractivity contribution is 6.06. The molecule has 8 aromatic rings. The number of fused-ring (bicyclic) bond motifs is 2. The van der Waals surface area contributed by atoms with Crippen LogP contribution in [0.4, 0.5) is 10.2 Å². The SMILES string of the molecule is Cc1c(F)cc2[nH]ncc2c1-c1c(C2CC2)cc2c(N3CC[C@H]3C(N)=O)nc(OCC(C)(C)CN(C)C)nc2c1OCc1ccc(-c2cn([C@H](C(=O)N3C[C@H](O)C[C@H]3C(=O)N[C@@H](CO)c3ccc(-n4cncn4)cc3)C(C)C)nn2)cc1. The molecule has 3 fully saturated rings. The molecule has 0 spiro atoms. The number of rotatable bonds is 21. The molecule has 0 bridgehead atoms. The summed E-state index contributed by atoms with van der Waals surface area (Å²) in [4.78, 5) is 60.9. The molecule has 4 aromatic carbocycles. The van der Waals surface area contributed by atoms with Crippen LogP contribution < -0.4 is 25.4 Å². The number of carbonyl (C=O) groups is 3. The second kappa shape index (κ2) is 22.5. The van der Waals surface area contributed by atoms with E-state index in [1.54, 1.807) is 54.6 Å². The van der Waals surface area contributed by atoms with Gasteiger partial charge in [-0.1, -0.05) is 69.3 Å². The van der Waals surface area contributed by atoms with Gasteiger partial charge < -0.3 is 45.4 Å². The van der Waals surface area contributed by atoms with Crippen LogP contribution in [0.15, 0.2) is 85.7 Å². The minimum absolute atomic E-state index is 0.0165. The summed E-state index contributed by atoms with van der Waals surface area (Å²) < 4.78 is 32.8. The van der Waals surface area contributed by atoms with Gasteiger partial charge in [0.15, 0.2) is 5.75 Å². The number of carbonyl (C=O) groups excluding carboxylic acids is 3. The van der Waals surface area contributed by atoms with E-state index in [9.17, 15) is 24.6 Å². The zero-order valence-electron chi connectivity index (χ0n) is 47.0. The molecule has 0 unspecified atom stereocenters. The van der Waals surface area contributed by atoms with Gasteiger partial charge in [0, 0.05) is 58.9 Å². The molecule has 2 saturated heterocycles. The van der Waals surface area contributed by atoms with Crippen molar-refractivity contribution in [3.63, 3.8) is 0 Å². The molecule has 4 aromatic heterocycles. The van der Waals surface area contributed by atoms with E-state index in [0.29, 0.717) is 74.5 Å². The van der Waals surface area contributed by atoms with Gasteiger partial charge in [-0.15, -0.1) is 5.10 Å². The van der Waals surface area contributed by atoms with Crippen molar-refractivity contribution >= 4 is 45.3 Å². The highest BCUT2D eigenvalue weighted by Crippen LogP contribution is 2.53.